The Labute approximate surface area is 116 Å². The third kappa shape index (κ3) is 3.54. The van der Waals surface area contributed by atoms with Gasteiger partial charge in [0.05, 0.1) is 18.8 Å². The zero-order valence-corrected chi connectivity index (χ0v) is 11.7. The van der Waals surface area contributed by atoms with Gasteiger partial charge in [0.2, 0.25) is 0 Å². The molecular weight excluding hydrogens is 260 g/mol. The molecule has 0 bridgehead atoms. The van der Waals surface area contributed by atoms with Crippen molar-refractivity contribution in [2.45, 2.75) is 19.9 Å². The van der Waals surface area contributed by atoms with Gasteiger partial charge >= 0.3 is 5.97 Å². The lowest BCUT2D eigenvalue weighted by molar-refractivity contribution is 0.0532. The largest absolute Gasteiger partial charge is 0.462 e. The van der Waals surface area contributed by atoms with Gasteiger partial charge in [-0.2, -0.15) is 0 Å². The maximum atomic E-state index is 11.5. The van der Waals surface area contributed by atoms with E-state index in [2.05, 4.69) is 29.4 Å². The number of anilines is 1. The summed E-state index contributed by atoms with van der Waals surface area (Å²) in [6.45, 7) is 4.22. The molecule has 1 unspecified atom stereocenters. The molecule has 0 radical (unpaired) electrons. The number of hydrogen-bond acceptors (Lipinski definition) is 5. The Balaban J connectivity index is 2.02. The van der Waals surface area contributed by atoms with Gasteiger partial charge in [0.25, 0.3) is 0 Å². The predicted molar refractivity (Wildman–Crippen MR) is 76.6 cm³/mol. The molecule has 4 nitrogen and oxygen atoms in total. The summed E-state index contributed by atoms with van der Waals surface area (Å²) in [7, 11) is 0. The number of carbonyl (C=O) groups excluding carboxylic acids is 1. The van der Waals surface area contributed by atoms with Gasteiger partial charge in [0.15, 0.2) is 5.13 Å². The second-order valence-corrected chi connectivity index (χ2v) is 5.06. The zero-order valence-electron chi connectivity index (χ0n) is 10.9. The molecule has 0 saturated carbocycles. The van der Waals surface area contributed by atoms with Gasteiger partial charge in [-0.1, -0.05) is 41.7 Å². The first-order valence-electron chi connectivity index (χ1n) is 6.15. The van der Waals surface area contributed by atoms with Gasteiger partial charge in [-0.3, -0.25) is 0 Å². The highest BCUT2D eigenvalue weighted by Gasteiger charge is 2.13. The van der Waals surface area contributed by atoms with Crippen LogP contribution in [0.4, 0.5) is 5.13 Å². The van der Waals surface area contributed by atoms with Crippen LogP contribution in [0.5, 0.6) is 0 Å². The summed E-state index contributed by atoms with van der Waals surface area (Å²) in [6.07, 6.45) is 1.54. The van der Waals surface area contributed by atoms with Gasteiger partial charge in [-0.25, -0.2) is 9.78 Å². The third-order valence-corrected chi connectivity index (χ3v) is 3.53. The molecule has 0 aliphatic heterocycles. The van der Waals surface area contributed by atoms with Crippen LogP contribution >= 0.6 is 11.3 Å². The Morgan fingerprint density at radius 3 is 2.84 bits per heavy atom. The van der Waals surface area contributed by atoms with Crippen LogP contribution in [0.1, 0.15) is 35.1 Å². The highest BCUT2D eigenvalue weighted by atomic mass is 32.1. The maximum Gasteiger partial charge on any atom is 0.350 e. The summed E-state index contributed by atoms with van der Waals surface area (Å²) in [5.74, 6) is -0.319. The number of benzene rings is 1. The van der Waals surface area contributed by atoms with Crippen LogP contribution in [0.2, 0.25) is 0 Å². The zero-order chi connectivity index (χ0) is 13.7. The second kappa shape index (κ2) is 6.33. The molecule has 0 spiro atoms. The van der Waals surface area contributed by atoms with Crippen molar-refractivity contribution in [3.05, 3.63) is 47.0 Å². The minimum absolute atomic E-state index is 0.141. The van der Waals surface area contributed by atoms with Gasteiger partial charge in [-0.05, 0) is 19.4 Å². The Hall–Kier alpha value is -1.88. The number of ether oxygens (including phenoxy) is 1. The van der Waals surface area contributed by atoms with Gasteiger partial charge < -0.3 is 10.1 Å². The number of nitrogens with one attached hydrogen (secondary N) is 1. The summed E-state index contributed by atoms with van der Waals surface area (Å²) in [5, 5.41) is 4.00. The first-order chi connectivity index (χ1) is 9.20. The van der Waals surface area contributed by atoms with Crippen LogP contribution in [0.25, 0.3) is 0 Å². The van der Waals surface area contributed by atoms with E-state index >= 15 is 0 Å². The van der Waals surface area contributed by atoms with E-state index in [1.807, 2.05) is 18.2 Å². The molecule has 2 aromatic rings. The number of hydrogen-bond donors (Lipinski definition) is 1. The van der Waals surface area contributed by atoms with E-state index in [1.54, 1.807) is 13.1 Å². The van der Waals surface area contributed by atoms with E-state index < -0.39 is 0 Å². The maximum absolute atomic E-state index is 11.5. The number of nitrogens with zero attached hydrogens (tertiary/aromatic N) is 1. The summed E-state index contributed by atoms with van der Waals surface area (Å²) < 4.78 is 4.93. The van der Waals surface area contributed by atoms with Crippen LogP contribution in [0.3, 0.4) is 0 Å². The standard InChI is InChI=1S/C14H16N2O2S/c1-3-18-13(17)12-9-15-14(19-12)16-10(2)11-7-5-4-6-8-11/h4-10H,3H2,1-2H3,(H,15,16). The third-order valence-electron chi connectivity index (χ3n) is 2.62. The number of carbonyl (C=O) groups is 1. The number of rotatable bonds is 5. The number of aromatic nitrogens is 1. The molecular formula is C14H16N2O2S. The fraction of sp³-hybridized carbons (Fsp3) is 0.286. The van der Waals surface area contributed by atoms with E-state index in [0.717, 1.165) is 5.13 Å². The lowest BCUT2D eigenvalue weighted by Crippen LogP contribution is -2.05. The van der Waals surface area contributed by atoms with E-state index in [9.17, 15) is 4.79 Å². The molecule has 0 fully saturated rings. The first-order valence-corrected chi connectivity index (χ1v) is 6.96. The Bertz CT molecular complexity index is 539. The molecule has 0 aliphatic carbocycles. The van der Waals surface area contributed by atoms with Crippen molar-refractivity contribution in [1.82, 2.24) is 4.98 Å². The highest BCUT2D eigenvalue weighted by Crippen LogP contribution is 2.24. The van der Waals surface area contributed by atoms with Crippen LogP contribution in [-0.2, 0) is 4.74 Å². The van der Waals surface area contributed by atoms with E-state index in [-0.39, 0.29) is 12.0 Å². The van der Waals surface area contributed by atoms with Crippen molar-refractivity contribution in [1.29, 1.82) is 0 Å². The molecule has 1 heterocycles. The molecule has 0 amide bonds. The predicted octanol–water partition coefficient (Wildman–Crippen LogP) is 3.49. The van der Waals surface area contributed by atoms with Crippen LogP contribution < -0.4 is 5.32 Å². The first kappa shape index (κ1) is 13.5. The van der Waals surface area contributed by atoms with Crippen molar-refractivity contribution in [3.63, 3.8) is 0 Å². The fourth-order valence-electron chi connectivity index (χ4n) is 1.65. The van der Waals surface area contributed by atoms with Crippen molar-refractivity contribution in [2.24, 2.45) is 0 Å². The molecule has 0 saturated heterocycles. The molecule has 100 valence electrons. The smallest absolute Gasteiger partial charge is 0.350 e. The van der Waals surface area contributed by atoms with Gasteiger partial charge in [0, 0.05) is 0 Å². The monoisotopic (exact) mass is 276 g/mol. The Morgan fingerprint density at radius 1 is 1.42 bits per heavy atom. The SMILES string of the molecule is CCOC(=O)c1cnc(NC(C)c2ccccc2)s1. The Kier molecular flexibility index (Phi) is 4.52. The van der Waals surface area contributed by atoms with Gasteiger partial charge in [0.1, 0.15) is 4.88 Å². The molecule has 19 heavy (non-hydrogen) atoms. The topological polar surface area (TPSA) is 51.2 Å². The summed E-state index contributed by atoms with van der Waals surface area (Å²) >= 11 is 1.31. The summed E-state index contributed by atoms with van der Waals surface area (Å²) in [6, 6.07) is 10.2. The van der Waals surface area contributed by atoms with E-state index in [4.69, 9.17) is 4.74 Å². The van der Waals surface area contributed by atoms with Crippen LogP contribution in [0, 0.1) is 0 Å². The van der Waals surface area contributed by atoms with Crippen molar-refractivity contribution < 1.29 is 9.53 Å². The molecule has 1 atom stereocenters. The summed E-state index contributed by atoms with van der Waals surface area (Å²) in [5.41, 5.74) is 1.18. The second-order valence-electron chi connectivity index (χ2n) is 4.03. The highest BCUT2D eigenvalue weighted by molar-refractivity contribution is 7.17. The average Bonchev–Trinajstić information content (AvgIpc) is 2.88. The van der Waals surface area contributed by atoms with Crippen LogP contribution in [-0.4, -0.2) is 17.6 Å². The van der Waals surface area contributed by atoms with Crippen LogP contribution in [0.15, 0.2) is 36.5 Å². The summed E-state index contributed by atoms with van der Waals surface area (Å²) in [4.78, 5) is 16.2. The molecule has 2 rings (SSSR count). The average molecular weight is 276 g/mol. The fourth-order valence-corrected chi connectivity index (χ4v) is 2.44. The quantitative estimate of drug-likeness (QED) is 0.849. The normalized spacial score (nSPS) is 11.9. The molecule has 0 aliphatic rings. The number of thiazole rings is 1. The van der Waals surface area contributed by atoms with Crippen molar-refractivity contribution >= 4 is 22.4 Å². The number of esters is 1. The lowest BCUT2D eigenvalue weighted by atomic mass is 10.1. The van der Waals surface area contributed by atoms with Crippen molar-refractivity contribution in [3.8, 4) is 0 Å². The minimum atomic E-state index is -0.319. The van der Waals surface area contributed by atoms with E-state index in [1.165, 1.54) is 16.9 Å². The molecule has 5 heteroatoms. The molecule has 1 aromatic carbocycles. The van der Waals surface area contributed by atoms with Crippen molar-refractivity contribution in [2.75, 3.05) is 11.9 Å². The Morgan fingerprint density at radius 2 is 2.16 bits per heavy atom. The lowest BCUT2D eigenvalue weighted by Gasteiger charge is -2.12. The van der Waals surface area contributed by atoms with Gasteiger partial charge in [-0.15, -0.1) is 0 Å². The van der Waals surface area contributed by atoms with E-state index in [0.29, 0.717) is 11.5 Å². The molecule has 1 N–H and O–H groups in total. The minimum Gasteiger partial charge on any atom is -0.462 e. The molecule has 1 aromatic heterocycles.